The van der Waals surface area contributed by atoms with Gasteiger partial charge in [-0.2, -0.15) is 9.98 Å². The summed E-state index contributed by atoms with van der Waals surface area (Å²) in [6.45, 7) is 3.19. The van der Waals surface area contributed by atoms with Crippen LogP contribution in [0.2, 0.25) is 0 Å². The molecule has 0 saturated heterocycles. The zero-order chi connectivity index (χ0) is 23.4. The van der Waals surface area contributed by atoms with Gasteiger partial charge in [0, 0.05) is 18.2 Å². The molecule has 0 saturated carbocycles. The molecule has 31 heavy (non-hydrogen) atoms. The zero-order valence-corrected chi connectivity index (χ0v) is 17.8. The van der Waals surface area contributed by atoms with Gasteiger partial charge in [0.05, 0.1) is 11.7 Å². The van der Waals surface area contributed by atoms with Crippen LogP contribution in [0, 0.1) is 16.2 Å². The second-order valence-corrected chi connectivity index (χ2v) is 6.29. The Morgan fingerprint density at radius 2 is 1.16 bits per heavy atom. The number of aliphatic imine (C=N–C) groups is 3. The van der Waals surface area contributed by atoms with E-state index in [9.17, 15) is 0 Å². The maximum absolute atomic E-state index is 7.89. The van der Waals surface area contributed by atoms with Crippen molar-refractivity contribution in [2.24, 2.45) is 32.2 Å². The quantitative estimate of drug-likeness (QED) is 0.320. The number of benzene rings is 2. The standard InChI is InChI=1S/C11H15N5.C10H13N5/c1-8(12)15-11(14)16(2)10(13)9-6-4-3-5-7-9;1-7(11)14-10(13)15-9(12)8-5-3-2-4-6-8/h3-7,13H,1-2H3,(H3,12,14,15);2-6H,1H3,(H5,11,12,13,14,15). The average molecular weight is 421 g/mol. The number of nitrogens with zero attached hydrogens (tertiary/aromatic N) is 4. The Hall–Kier alpha value is -4.34. The Kier molecular flexibility index (Phi) is 9.78. The van der Waals surface area contributed by atoms with E-state index < -0.39 is 0 Å². The fourth-order valence-corrected chi connectivity index (χ4v) is 2.12. The van der Waals surface area contributed by atoms with Crippen molar-refractivity contribution < 1.29 is 0 Å². The van der Waals surface area contributed by atoms with E-state index in [1.165, 1.54) is 4.90 Å². The number of hydrogen-bond acceptors (Lipinski definition) is 3. The SMILES string of the molecule is CC(N)=NC(=N)N(C)C(=N)c1ccccc1.CC(N)=NC(=N)N=C(N)c1ccccc1. The highest BCUT2D eigenvalue weighted by Gasteiger charge is 2.10. The molecular weight excluding hydrogens is 392 g/mol. The van der Waals surface area contributed by atoms with Gasteiger partial charge >= 0.3 is 0 Å². The van der Waals surface area contributed by atoms with Crippen molar-refractivity contribution >= 4 is 35.3 Å². The molecule has 2 aromatic rings. The van der Waals surface area contributed by atoms with E-state index in [2.05, 4.69) is 15.0 Å². The maximum Gasteiger partial charge on any atom is 0.245 e. The molecule has 0 heterocycles. The second kappa shape index (κ2) is 12.3. The molecule has 10 heteroatoms. The molecule has 0 aromatic heterocycles. The fourth-order valence-electron chi connectivity index (χ4n) is 2.12. The van der Waals surface area contributed by atoms with Crippen LogP contribution in [0.15, 0.2) is 75.6 Å². The van der Waals surface area contributed by atoms with Crippen LogP contribution in [-0.4, -0.2) is 47.2 Å². The smallest absolute Gasteiger partial charge is 0.245 e. The van der Waals surface area contributed by atoms with Gasteiger partial charge in [-0.05, 0) is 13.8 Å². The number of hydrogen-bond donors (Lipinski definition) is 6. The van der Waals surface area contributed by atoms with Gasteiger partial charge in [0.1, 0.15) is 11.7 Å². The summed E-state index contributed by atoms with van der Waals surface area (Å²) >= 11 is 0. The van der Waals surface area contributed by atoms with Crippen molar-refractivity contribution in [3.8, 4) is 0 Å². The van der Waals surface area contributed by atoms with Gasteiger partial charge < -0.3 is 17.2 Å². The summed E-state index contributed by atoms with van der Waals surface area (Å²) in [5.74, 6) is 0.814. The largest absolute Gasteiger partial charge is 0.387 e. The monoisotopic (exact) mass is 420 g/mol. The van der Waals surface area contributed by atoms with Crippen molar-refractivity contribution in [1.82, 2.24) is 4.90 Å². The first kappa shape index (κ1) is 24.7. The third-order valence-electron chi connectivity index (χ3n) is 3.56. The Balaban J connectivity index is 0.000000311. The van der Waals surface area contributed by atoms with Crippen molar-refractivity contribution in [2.45, 2.75) is 13.8 Å². The minimum absolute atomic E-state index is 0.0474. The second-order valence-electron chi connectivity index (χ2n) is 6.29. The van der Waals surface area contributed by atoms with Crippen LogP contribution in [-0.2, 0) is 0 Å². The lowest BCUT2D eigenvalue weighted by Crippen LogP contribution is -2.32. The first-order valence-corrected chi connectivity index (χ1v) is 9.17. The van der Waals surface area contributed by atoms with E-state index in [0.717, 1.165) is 11.1 Å². The molecule has 0 aliphatic carbocycles. The summed E-state index contributed by atoms with van der Waals surface area (Å²) in [5, 5.41) is 22.9. The van der Waals surface area contributed by atoms with Gasteiger partial charge in [0.2, 0.25) is 11.9 Å². The summed E-state index contributed by atoms with van der Waals surface area (Å²) in [6.07, 6.45) is 0. The Labute approximate surface area is 181 Å². The molecule has 0 aliphatic heterocycles. The van der Waals surface area contributed by atoms with E-state index in [4.69, 9.17) is 33.4 Å². The molecule has 162 valence electrons. The van der Waals surface area contributed by atoms with Crippen LogP contribution in [0.25, 0.3) is 0 Å². The van der Waals surface area contributed by atoms with Gasteiger partial charge in [0.25, 0.3) is 0 Å². The third-order valence-corrected chi connectivity index (χ3v) is 3.56. The van der Waals surface area contributed by atoms with E-state index >= 15 is 0 Å². The number of nitrogens with one attached hydrogen (secondary N) is 3. The lowest BCUT2D eigenvalue weighted by Gasteiger charge is -2.17. The van der Waals surface area contributed by atoms with Gasteiger partial charge in [-0.15, -0.1) is 0 Å². The van der Waals surface area contributed by atoms with E-state index in [1.807, 2.05) is 60.7 Å². The molecule has 2 rings (SSSR count). The maximum atomic E-state index is 7.89. The predicted molar refractivity (Wildman–Crippen MR) is 128 cm³/mol. The highest BCUT2D eigenvalue weighted by molar-refractivity contribution is 6.08. The Morgan fingerprint density at radius 3 is 1.61 bits per heavy atom. The van der Waals surface area contributed by atoms with Crippen molar-refractivity contribution in [3.63, 3.8) is 0 Å². The highest BCUT2D eigenvalue weighted by Crippen LogP contribution is 2.03. The summed E-state index contributed by atoms with van der Waals surface area (Å²) in [7, 11) is 1.62. The molecule has 0 atom stereocenters. The Morgan fingerprint density at radius 1 is 0.710 bits per heavy atom. The summed E-state index contributed by atoms with van der Waals surface area (Å²) in [5.41, 5.74) is 17.9. The van der Waals surface area contributed by atoms with Crippen LogP contribution >= 0.6 is 0 Å². The van der Waals surface area contributed by atoms with Crippen molar-refractivity contribution in [1.29, 1.82) is 16.2 Å². The van der Waals surface area contributed by atoms with Gasteiger partial charge in [-0.3, -0.25) is 21.1 Å². The molecule has 0 spiro atoms. The van der Waals surface area contributed by atoms with Gasteiger partial charge in [-0.1, -0.05) is 60.7 Å². The normalized spacial score (nSPS) is 11.8. The number of rotatable bonds is 2. The van der Waals surface area contributed by atoms with Crippen molar-refractivity contribution in [3.05, 3.63) is 71.8 Å². The van der Waals surface area contributed by atoms with Crippen LogP contribution in [0.5, 0.6) is 0 Å². The third kappa shape index (κ3) is 9.13. The van der Waals surface area contributed by atoms with Crippen LogP contribution in [0.4, 0.5) is 0 Å². The number of nitrogens with two attached hydrogens (primary N) is 3. The van der Waals surface area contributed by atoms with E-state index in [0.29, 0.717) is 5.84 Å². The molecule has 0 bridgehead atoms. The van der Waals surface area contributed by atoms with Crippen molar-refractivity contribution in [2.75, 3.05) is 7.05 Å². The first-order valence-electron chi connectivity index (χ1n) is 9.17. The molecule has 0 amide bonds. The molecule has 0 unspecified atom stereocenters. The lowest BCUT2D eigenvalue weighted by atomic mass is 10.2. The molecule has 0 aliphatic rings. The Bertz CT molecular complexity index is 983. The lowest BCUT2D eigenvalue weighted by molar-refractivity contribution is 0.729. The molecule has 0 fully saturated rings. The average Bonchev–Trinajstić information content (AvgIpc) is 2.73. The molecule has 2 aromatic carbocycles. The molecular formula is C21H28N10. The van der Waals surface area contributed by atoms with Crippen LogP contribution in [0.1, 0.15) is 25.0 Å². The number of amidine groups is 4. The predicted octanol–water partition coefficient (Wildman–Crippen LogP) is 1.96. The zero-order valence-electron chi connectivity index (χ0n) is 17.8. The van der Waals surface area contributed by atoms with Gasteiger partial charge in [-0.25, -0.2) is 4.99 Å². The summed E-state index contributed by atoms with van der Waals surface area (Å²) in [4.78, 5) is 12.6. The minimum atomic E-state index is -0.198. The molecule has 0 radical (unpaired) electrons. The highest BCUT2D eigenvalue weighted by atomic mass is 15.3. The molecule has 10 nitrogen and oxygen atoms in total. The number of guanidine groups is 2. The van der Waals surface area contributed by atoms with E-state index in [-0.39, 0.29) is 29.4 Å². The fraction of sp³-hybridized carbons (Fsp3) is 0.143. The molecule has 9 N–H and O–H groups in total. The van der Waals surface area contributed by atoms with Crippen LogP contribution < -0.4 is 17.2 Å². The minimum Gasteiger partial charge on any atom is -0.387 e. The topological polar surface area (TPSA) is 190 Å². The summed E-state index contributed by atoms with van der Waals surface area (Å²) in [6, 6.07) is 18.4. The first-order chi connectivity index (χ1) is 14.6. The van der Waals surface area contributed by atoms with E-state index in [1.54, 1.807) is 20.9 Å². The van der Waals surface area contributed by atoms with Gasteiger partial charge in [0.15, 0.2) is 0 Å². The summed E-state index contributed by atoms with van der Waals surface area (Å²) < 4.78 is 0. The van der Waals surface area contributed by atoms with Crippen LogP contribution in [0.3, 0.4) is 0 Å².